The Bertz CT molecular complexity index is 969. The summed E-state index contributed by atoms with van der Waals surface area (Å²) in [6, 6.07) is 7.60. The quantitative estimate of drug-likeness (QED) is 0.428. The first-order valence-electron chi connectivity index (χ1n) is 13.0. The molecule has 2 saturated heterocycles. The van der Waals surface area contributed by atoms with Gasteiger partial charge in [0.05, 0.1) is 30.9 Å². The molecule has 0 aliphatic carbocycles. The van der Waals surface area contributed by atoms with E-state index in [-0.39, 0.29) is 24.2 Å². The summed E-state index contributed by atoms with van der Waals surface area (Å²) in [5.41, 5.74) is 9.97. The Morgan fingerprint density at radius 1 is 1.27 bits per heavy atom. The van der Waals surface area contributed by atoms with Crippen molar-refractivity contribution in [3.8, 4) is 0 Å². The van der Waals surface area contributed by atoms with Gasteiger partial charge in [0.1, 0.15) is 18.8 Å². The summed E-state index contributed by atoms with van der Waals surface area (Å²) in [4.78, 5) is 7.74. The summed E-state index contributed by atoms with van der Waals surface area (Å²) < 4.78 is 31.1. The Morgan fingerprint density at radius 3 is 2.81 bits per heavy atom. The number of nitrogens with one attached hydrogen (secondary N) is 2. The Kier molecular flexibility index (Phi) is 8.28. The van der Waals surface area contributed by atoms with Crippen LogP contribution in [0.1, 0.15) is 43.4 Å². The van der Waals surface area contributed by atoms with Gasteiger partial charge in [-0.05, 0) is 31.5 Å². The van der Waals surface area contributed by atoms with E-state index in [1.54, 1.807) is 12.1 Å². The summed E-state index contributed by atoms with van der Waals surface area (Å²) in [7, 11) is 3.66. The molecule has 4 heterocycles. The lowest BCUT2D eigenvalue weighted by atomic mass is 9.93. The Hall–Kier alpha value is -2.28. The molecule has 0 spiro atoms. The van der Waals surface area contributed by atoms with Gasteiger partial charge in [-0.3, -0.25) is 5.01 Å². The summed E-state index contributed by atoms with van der Waals surface area (Å²) in [6.07, 6.45) is 2.99. The predicted octanol–water partition coefficient (Wildman–Crippen LogP) is 1.84. The van der Waals surface area contributed by atoms with Crippen molar-refractivity contribution < 1.29 is 28.5 Å². The molecule has 4 aliphatic heterocycles. The van der Waals surface area contributed by atoms with Gasteiger partial charge in [-0.2, -0.15) is 0 Å². The van der Waals surface area contributed by atoms with Crippen LogP contribution >= 0.6 is 0 Å². The molecule has 2 unspecified atom stereocenters. The van der Waals surface area contributed by atoms with Crippen LogP contribution < -0.4 is 11.0 Å². The molecule has 204 valence electrons. The molecule has 37 heavy (non-hydrogen) atoms. The van der Waals surface area contributed by atoms with Crippen LogP contribution in [-0.4, -0.2) is 91.9 Å². The fourth-order valence-electron chi connectivity index (χ4n) is 5.62. The van der Waals surface area contributed by atoms with Crippen LogP contribution in [0.5, 0.6) is 0 Å². The summed E-state index contributed by atoms with van der Waals surface area (Å²) in [5, 5.41) is 15.9. The molecule has 0 amide bonds. The SMILES string of the molecule is CO[C@H](c1ccc(C2=NOC3COCC23)cc1)[C@@H](CF)N1C=C(CCN(C)[C@H]2C[C@@H](C)O[C@@H](O)C2)NN1. The maximum Gasteiger partial charge on any atom is 0.161 e. The molecule has 2 fully saturated rings. The van der Waals surface area contributed by atoms with E-state index < -0.39 is 25.1 Å². The number of aliphatic hydroxyl groups is 1. The van der Waals surface area contributed by atoms with Crippen LogP contribution in [0, 0.1) is 5.92 Å². The van der Waals surface area contributed by atoms with Crippen LogP contribution in [0.3, 0.4) is 0 Å². The van der Waals surface area contributed by atoms with E-state index >= 15 is 0 Å². The normalized spacial score (nSPS) is 31.0. The second-order valence-corrected chi connectivity index (χ2v) is 10.3. The molecule has 3 N–H and O–H groups in total. The maximum absolute atomic E-state index is 14.3. The van der Waals surface area contributed by atoms with E-state index in [0.717, 1.165) is 41.9 Å². The number of oxime groups is 1. The van der Waals surface area contributed by atoms with Crippen molar-refractivity contribution in [1.82, 2.24) is 20.9 Å². The van der Waals surface area contributed by atoms with Crippen molar-refractivity contribution >= 4 is 5.71 Å². The summed E-state index contributed by atoms with van der Waals surface area (Å²) in [6.45, 7) is 3.37. The number of rotatable bonds is 10. The molecule has 0 saturated carbocycles. The highest BCUT2D eigenvalue weighted by atomic mass is 19.1. The minimum absolute atomic E-state index is 0.00123. The monoisotopic (exact) mass is 519 g/mol. The molecule has 0 bridgehead atoms. The van der Waals surface area contributed by atoms with Gasteiger partial charge in [0.2, 0.25) is 0 Å². The Labute approximate surface area is 217 Å². The van der Waals surface area contributed by atoms with Crippen molar-refractivity contribution in [2.45, 2.75) is 62.9 Å². The second kappa shape index (κ2) is 11.6. The number of alkyl halides is 1. The van der Waals surface area contributed by atoms with E-state index in [2.05, 4.69) is 28.1 Å². The third kappa shape index (κ3) is 5.76. The van der Waals surface area contributed by atoms with Crippen LogP contribution in [0.2, 0.25) is 0 Å². The molecule has 0 radical (unpaired) electrons. The van der Waals surface area contributed by atoms with Crippen molar-refractivity contribution in [2.75, 3.05) is 40.6 Å². The molecule has 1 aromatic rings. The molecule has 10 nitrogen and oxygen atoms in total. The van der Waals surface area contributed by atoms with Crippen LogP contribution in [0.15, 0.2) is 41.3 Å². The zero-order valence-corrected chi connectivity index (χ0v) is 21.7. The zero-order chi connectivity index (χ0) is 25.9. The fraction of sp³-hybridized carbons (Fsp3) is 0.654. The van der Waals surface area contributed by atoms with Gasteiger partial charge in [-0.15, -0.1) is 5.53 Å². The number of nitrogens with zero attached hydrogens (tertiary/aromatic N) is 3. The number of hydrogen-bond donors (Lipinski definition) is 3. The van der Waals surface area contributed by atoms with E-state index in [9.17, 15) is 9.50 Å². The van der Waals surface area contributed by atoms with Crippen molar-refractivity contribution in [2.24, 2.45) is 11.1 Å². The van der Waals surface area contributed by atoms with Crippen LogP contribution in [0.25, 0.3) is 0 Å². The average Bonchev–Trinajstić information content (AvgIpc) is 3.63. The highest BCUT2D eigenvalue weighted by Gasteiger charge is 2.40. The van der Waals surface area contributed by atoms with Crippen LogP contribution in [0.4, 0.5) is 4.39 Å². The number of halogens is 1. The first-order valence-corrected chi connectivity index (χ1v) is 13.0. The minimum atomic E-state index is -0.712. The molecule has 11 heteroatoms. The number of methoxy groups -OCH3 is 1. The van der Waals surface area contributed by atoms with E-state index in [1.807, 2.05) is 37.4 Å². The zero-order valence-electron chi connectivity index (χ0n) is 21.7. The standard InChI is InChI=1S/C26H38FN5O5/c1-16-10-20(11-24(33)36-16)31(2)9-8-19-13-32(30-28-19)22(12-27)26(34-3)18-6-4-17(5-7-18)25-21-14-35-15-23(21)37-29-25/h4-7,13,16,20-24,26,28,30,33H,8-12,14-15H2,1-3H3/t16-,20+,21?,22-,23?,24-,26-/m1/s1. The molecule has 7 atom stereocenters. The molecular weight excluding hydrogens is 481 g/mol. The first-order chi connectivity index (χ1) is 18.0. The smallest absolute Gasteiger partial charge is 0.161 e. The fourth-order valence-corrected chi connectivity index (χ4v) is 5.62. The number of ether oxygens (including phenoxy) is 3. The van der Waals surface area contributed by atoms with Crippen LogP contribution in [-0.2, 0) is 19.0 Å². The van der Waals surface area contributed by atoms with E-state index in [0.29, 0.717) is 19.6 Å². The number of benzene rings is 1. The lowest BCUT2D eigenvalue weighted by Gasteiger charge is -2.36. The van der Waals surface area contributed by atoms with Crippen molar-refractivity contribution in [3.63, 3.8) is 0 Å². The maximum atomic E-state index is 14.3. The highest BCUT2D eigenvalue weighted by molar-refractivity contribution is 6.03. The average molecular weight is 520 g/mol. The topological polar surface area (TPSA) is 100 Å². The van der Waals surface area contributed by atoms with Gasteiger partial charge in [-0.25, -0.2) is 4.39 Å². The van der Waals surface area contributed by atoms with Gasteiger partial charge in [0.25, 0.3) is 0 Å². The molecule has 1 aromatic carbocycles. The predicted molar refractivity (Wildman–Crippen MR) is 135 cm³/mol. The van der Waals surface area contributed by atoms with Gasteiger partial charge >= 0.3 is 0 Å². The summed E-state index contributed by atoms with van der Waals surface area (Å²) >= 11 is 0. The van der Waals surface area contributed by atoms with Gasteiger partial charge in [0.15, 0.2) is 12.4 Å². The molecule has 4 aliphatic rings. The number of hydrogen-bond acceptors (Lipinski definition) is 10. The summed E-state index contributed by atoms with van der Waals surface area (Å²) in [5.74, 6) is 0.157. The molecular formula is C26H38FN5O5. The third-order valence-electron chi connectivity index (χ3n) is 7.78. The lowest BCUT2D eigenvalue weighted by Crippen LogP contribution is -2.47. The number of aliphatic hydroxyl groups excluding tert-OH is 1. The Balaban J connectivity index is 1.19. The van der Waals surface area contributed by atoms with E-state index in [4.69, 9.17) is 19.0 Å². The number of fused-ring (bicyclic) bond motifs is 1. The lowest BCUT2D eigenvalue weighted by molar-refractivity contribution is -0.173. The molecule has 5 rings (SSSR count). The van der Waals surface area contributed by atoms with Crippen molar-refractivity contribution in [3.05, 3.63) is 47.3 Å². The first kappa shape index (κ1) is 26.3. The third-order valence-corrected chi connectivity index (χ3v) is 7.78. The van der Waals surface area contributed by atoms with Crippen molar-refractivity contribution in [1.29, 1.82) is 0 Å². The second-order valence-electron chi connectivity index (χ2n) is 10.3. The van der Waals surface area contributed by atoms with Gasteiger partial charge in [0, 0.05) is 44.4 Å². The largest absolute Gasteiger partial charge is 0.389 e. The number of hydrazine groups is 2. The van der Waals surface area contributed by atoms with Gasteiger partial charge in [-0.1, -0.05) is 29.4 Å². The van der Waals surface area contributed by atoms with E-state index in [1.165, 1.54) is 0 Å². The highest BCUT2D eigenvalue weighted by Crippen LogP contribution is 2.31. The van der Waals surface area contributed by atoms with Gasteiger partial charge < -0.3 is 34.5 Å². The molecule has 0 aromatic heterocycles. The minimum Gasteiger partial charge on any atom is -0.389 e. The Morgan fingerprint density at radius 2 is 2.08 bits per heavy atom.